The highest BCUT2D eigenvalue weighted by Crippen LogP contribution is 2.25. The van der Waals surface area contributed by atoms with E-state index in [0.29, 0.717) is 11.3 Å². The summed E-state index contributed by atoms with van der Waals surface area (Å²) in [7, 11) is -2.70. The fourth-order valence-electron chi connectivity index (χ4n) is 3.68. The average molecular weight is 507 g/mol. The van der Waals surface area contributed by atoms with Crippen molar-refractivity contribution in [1.29, 1.82) is 0 Å². The summed E-state index contributed by atoms with van der Waals surface area (Å²) >= 11 is 0. The Balaban J connectivity index is 1.45. The molecular formula is C27H26N2O6S. The number of nitrogens with one attached hydrogen (secondary N) is 2. The normalized spacial score (nSPS) is 12.4. The van der Waals surface area contributed by atoms with Crippen LogP contribution in [0.2, 0.25) is 0 Å². The topological polar surface area (TPSA) is 115 Å². The molecule has 186 valence electrons. The van der Waals surface area contributed by atoms with Gasteiger partial charge in [0.2, 0.25) is 10.0 Å². The Morgan fingerprint density at radius 1 is 0.889 bits per heavy atom. The fraction of sp³-hybridized carbons (Fsp3) is 0.185. The van der Waals surface area contributed by atoms with Gasteiger partial charge < -0.3 is 14.5 Å². The van der Waals surface area contributed by atoms with Gasteiger partial charge in [0.1, 0.15) is 11.6 Å². The minimum Gasteiger partial charge on any atom is -0.468 e. The quantitative estimate of drug-likeness (QED) is 0.331. The van der Waals surface area contributed by atoms with Crippen molar-refractivity contribution >= 4 is 38.6 Å². The Kier molecular flexibility index (Phi) is 7.23. The van der Waals surface area contributed by atoms with Crippen LogP contribution in [0, 0.1) is 5.92 Å². The first-order valence-electron chi connectivity index (χ1n) is 11.3. The highest BCUT2D eigenvalue weighted by atomic mass is 32.2. The molecule has 0 spiro atoms. The predicted octanol–water partition coefficient (Wildman–Crippen LogP) is 4.83. The average Bonchev–Trinajstić information content (AvgIpc) is 3.32. The van der Waals surface area contributed by atoms with Crippen LogP contribution < -0.4 is 10.0 Å². The maximum Gasteiger partial charge on any atom is 0.324 e. The van der Waals surface area contributed by atoms with E-state index in [1.54, 1.807) is 50.2 Å². The van der Waals surface area contributed by atoms with E-state index in [4.69, 9.17) is 9.15 Å². The van der Waals surface area contributed by atoms with E-state index in [2.05, 4.69) is 10.0 Å². The number of carbonyl (C=O) groups is 2. The molecule has 0 bridgehead atoms. The number of methoxy groups -OCH3 is 1. The molecule has 1 amide bonds. The van der Waals surface area contributed by atoms with Gasteiger partial charge in [0.15, 0.2) is 5.76 Å². The molecule has 0 aliphatic rings. The van der Waals surface area contributed by atoms with Crippen LogP contribution in [0.1, 0.15) is 24.4 Å². The SMILES string of the molecule is COC(=O)C(NS(=O)(=O)c1ccc(-c2ccc(NC(=O)c3cc4ccccc4o3)cc2)cc1)C(C)C. The van der Waals surface area contributed by atoms with Crippen LogP contribution in [-0.2, 0) is 19.6 Å². The zero-order chi connectivity index (χ0) is 25.9. The molecule has 4 aromatic rings. The zero-order valence-electron chi connectivity index (χ0n) is 20.0. The summed E-state index contributed by atoms with van der Waals surface area (Å²) in [6.07, 6.45) is 0. The van der Waals surface area contributed by atoms with Gasteiger partial charge in [0.25, 0.3) is 5.91 Å². The summed E-state index contributed by atoms with van der Waals surface area (Å²) in [4.78, 5) is 24.5. The standard InChI is InChI=1S/C27H26N2O6S/c1-17(2)25(27(31)34-3)29-36(32,33)22-14-10-19(11-15-22)18-8-12-21(13-9-18)28-26(30)24-16-20-6-4-5-7-23(20)35-24/h4-17,25,29H,1-3H3,(H,28,30). The maximum absolute atomic E-state index is 12.8. The lowest BCUT2D eigenvalue weighted by Gasteiger charge is -2.19. The largest absolute Gasteiger partial charge is 0.468 e. The molecule has 0 aliphatic carbocycles. The summed E-state index contributed by atoms with van der Waals surface area (Å²) in [6, 6.07) is 21.6. The van der Waals surface area contributed by atoms with E-state index in [9.17, 15) is 18.0 Å². The number of fused-ring (bicyclic) bond motifs is 1. The molecule has 1 aromatic heterocycles. The summed E-state index contributed by atoms with van der Waals surface area (Å²) in [5.41, 5.74) is 2.86. The van der Waals surface area contributed by atoms with Crippen molar-refractivity contribution in [2.24, 2.45) is 5.92 Å². The highest BCUT2D eigenvalue weighted by molar-refractivity contribution is 7.89. The van der Waals surface area contributed by atoms with Crippen molar-refractivity contribution in [1.82, 2.24) is 4.72 Å². The second kappa shape index (κ2) is 10.3. The van der Waals surface area contributed by atoms with Crippen LogP contribution in [-0.4, -0.2) is 33.4 Å². The number of anilines is 1. The van der Waals surface area contributed by atoms with E-state index in [0.717, 1.165) is 16.5 Å². The van der Waals surface area contributed by atoms with Crippen LogP contribution in [0.15, 0.2) is 88.2 Å². The van der Waals surface area contributed by atoms with Crippen molar-refractivity contribution < 1.29 is 27.2 Å². The number of hydrogen-bond donors (Lipinski definition) is 2. The van der Waals surface area contributed by atoms with Crippen LogP contribution >= 0.6 is 0 Å². The summed E-state index contributed by atoms with van der Waals surface area (Å²) in [5, 5.41) is 3.66. The van der Waals surface area contributed by atoms with Crippen LogP contribution in [0.25, 0.3) is 22.1 Å². The van der Waals surface area contributed by atoms with Crippen molar-refractivity contribution in [3.05, 3.63) is 84.6 Å². The highest BCUT2D eigenvalue weighted by Gasteiger charge is 2.29. The lowest BCUT2D eigenvalue weighted by atomic mass is 10.1. The van der Waals surface area contributed by atoms with Gasteiger partial charge in [-0.2, -0.15) is 4.72 Å². The second-order valence-corrected chi connectivity index (χ2v) is 10.3. The number of para-hydroxylation sites is 1. The van der Waals surface area contributed by atoms with Gasteiger partial charge in [0, 0.05) is 11.1 Å². The third-order valence-corrected chi connectivity index (χ3v) is 7.15. The number of carbonyl (C=O) groups excluding carboxylic acids is 2. The van der Waals surface area contributed by atoms with Gasteiger partial charge in [-0.15, -0.1) is 0 Å². The van der Waals surface area contributed by atoms with Gasteiger partial charge in [-0.1, -0.05) is 56.3 Å². The fourth-order valence-corrected chi connectivity index (χ4v) is 5.01. The molecule has 1 atom stereocenters. The second-order valence-electron chi connectivity index (χ2n) is 8.57. The molecule has 4 rings (SSSR count). The Bertz CT molecular complexity index is 1460. The van der Waals surface area contributed by atoms with Crippen molar-refractivity contribution in [2.75, 3.05) is 12.4 Å². The molecule has 3 aromatic carbocycles. The molecule has 9 heteroatoms. The summed E-state index contributed by atoms with van der Waals surface area (Å²) in [6.45, 7) is 3.46. The van der Waals surface area contributed by atoms with Crippen molar-refractivity contribution in [2.45, 2.75) is 24.8 Å². The number of ether oxygens (including phenoxy) is 1. The molecule has 36 heavy (non-hydrogen) atoms. The number of amides is 1. The maximum atomic E-state index is 12.8. The van der Waals surface area contributed by atoms with E-state index < -0.39 is 22.0 Å². The first-order valence-corrected chi connectivity index (χ1v) is 12.8. The Morgan fingerprint density at radius 2 is 1.50 bits per heavy atom. The van der Waals surface area contributed by atoms with Crippen LogP contribution in [0.5, 0.6) is 0 Å². The van der Waals surface area contributed by atoms with Crippen LogP contribution in [0.4, 0.5) is 5.69 Å². The summed E-state index contributed by atoms with van der Waals surface area (Å²) < 4.78 is 38.3. The third-order valence-electron chi connectivity index (χ3n) is 5.69. The summed E-state index contributed by atoms with van der Waals surface area (Å²) in [5.74, 6) is -1.06. The van der Waals surface area contributed by atoms with E-state index in [1.165, 1.54) is 19.2 Å². The van der Waals surface area contributed by atoms with Gasteiger partial charge in [-0.05, 0) is 53.4 Å². The zero-order valence-corrected chi connectivity index (χ0v) is 20.8. The smallest absolute Gasteiger partial charge is 0.324 e. The Labute approximate surface area is 209 Å². The number of furan rings is 1. The molecule has 0 fully saturated rings. The molecule has 1 heterocycles. The molecule has 1 unspecified atom stereocenters. The Hall–Kier alpha value is -3.95. The van der Waals surface area contributed by atoms with Crippen LogP contribution in [0.3, 0.4) is 0 Å². The van der Waals surface area contributed by atoms with E-state index >= 15 is 0 Å². The van der Waals surface area contributed by atoms with E-state index in [-0.39, 0.29) is 22.5 Å². The molecule has 0 saturated heterocycles. The minimum absolute atomic E-state index is 0.0375. The number of esters is 1. The van der Waals surface area contributed by atoms with E-state index in [1.807, 2.05) is 30.3 Å². The first-order chi connectivity index (χ1) is 17.2. The van der Waals surface area contributed by atoms with Gasteiger partial charge in [0.05, 0.1) is 12.0 Å². The predicted molar refractivity (Wildman–Crippen MR) is 137 cm³/mol. The number of benzene rings is 3. The lowest BCUT2D eigenvalue weighted by molar-refractivity contribution is -0.143. The lowest BCUT2D eigenvalue weighted by Crippen LogP contribution is -2.44. The van der Waals surface area contributed by atoms with Gasteiger partial charge >= 0.3 is 5.97 Å². The van der Waals surface area contributed by atoms with Gasteiger partial charge in [-0.3, -0.25) is 9.59 Å². The number of rotatable bonds is 8. The molecular weight excluding hydrogens is 480 g/mol. The minimum atomic E-state index is -3.92. The first kappa shape index (κ1) is 25.2. The number of hydrogen-bond acceptors (Lipinski definition) is 6. The monoisotopic (exact) mass is 506 g/mol. The third kappa shape index (κ3) is 5.48. The van der Waals surface area contributed by atoms with Crippen molar-refractivity contribution in [3.63, 3.8) is 0 Å². The molecule has 0 saturated carbocycles. The van der Waals surface area contributed by atoms with Gasteiger partial charge in [-0.25, -0.2) is 8.42 Å². The molecule has 0 aliphatic heterocycles. The number of sulfonamides is 1. The molecule has 2 N–H and O–H groups in total. The molecule has 8 nitrogen and oxygen atoms in total. The molecule has 0 radical (unpaired) electrons. The van der Waals surface area contributed by atoms with Crippen molar-refractivity contribution in [3.8, 4) is 11.1 Å². The Morgan fingerprint density at radius 3 is 2.08 bits per heavy atom.